The van der Waals surface area contributed by atoms with E-state index in [1.807, 2.05) is 31.3 Å². The Kier molecular flexibility index (Phi) is 7.06. The number of oxazole rings is 1. The van der Waals surface area contributed by atoms with Crippen LogP contribution in [0.3, 0.4) is 0 Å². The second-order valence-corrected chi connectivity index (χ2v) is 9.01. The van der Waals surface area contributed by atoms with Crippen LogP contribution in [0.2, 0.25) is 0 Å². The number of aromatic amines is 1. The minimum Gasteiger partial charge on any atom is -0.474 e. The van der Waals surface area contributed by atoms with Crippen LogP contribution >= 0.6 is 11.6 Å². The van der Waals surface area contributed by atoms with Gasteiger partial charge in [-0.15, -0.1) is 0 Å². The second-order valence-electron chi connectivity index (χ2n) is 8.63. The number of halogens is 1. The number of rotatable bonds is 10. The van der Waals surface area contributed by atoms with Crippen LogP contribution in [0.25, 0.3) is 33.3 Å². The number of anilines is 1. The molecule has 3 heterocycles. The zero-order valence-electron chi connectivity index (χ0n) is 20.2. The summed E-state index contributed by atoms with van der Waals surface area (Å²) in [4.78, 5) is 17.0. The Morgan fingerprint density at radius 2 is 2.11 bits per heavy atom. The normalized spacial score (nSPS) is 14.9. The maximum absolute atomic E-state index is 7.79. The number of methoxy groups -OCH3 is 1. The van der Waals surface area contributed by atoms with Gasteiger partial charge >= 0.3 is 0 Å². The molecule has 0 spiro atoms. The molecular formula is C25H28ClN7O3. The Bertz CT molecular complexity index is 1420. The van der Waals surface area contributed by atoms with Crippen molar-refractivity contribution in [2.75, 3.05) is 25.6 Å². The fourth-order valence-electron chi connectivity index (χ4n) is 4.37. The first-order chi connectivity index (χ1) is 17.6. The highest BCUT2D eigenvalue weighted by Crippen LogP contribution is 2.37. The lowest BCUT2D eigenvalue weighted by molar-refractivity contribution is 0.202. The molecule has 1 aliphatic rings. The molecule has 188 valence electrons. The largest absolute Gasteiger partial charge is 0.474 e. The first kappa shape index (κ1) is 24.1. The average molecular weight is 510 g/mol. The van der Waals surface area contributed by atoms with Gasteiger partial charge in [-0.3, -0.25) is 0 Å². The number of ether oxygens (including phenoxy) is 2. The van der Waals surface area contributed by atoms with Gasteiger partial charge in [-0.1, -0.05) is 17.7 Å². The van der Waals surface area contributed by atoms with E-state index in [0.717, 1.165) is 53.9 Å². The van der Waals surface area contributed by atoms with E-state index in [1.54, 1.807) is 7.11 Å². The molecular weight excluding hydrogens is 482 g/mol. The molecule has 0 saturated heterocycles. The van der Waals surface area contributed by atoms with Crippen molar-refractivity contribution in [2.45, 2.75) is 38.7 Å². The summed E-state index contributed by atoms with van der Waals surface area (Å²) < 4.78 is 17.2. The molecule has 1 saturated carbocycles. The van der Waals surface area contributed by atoms with Crippen molar-refractivity contribution in [3.8, 4) is 17.0 Å². The van der Waals surface area contributed by atoms with E-state index >= 15 is 0 Å². The van der Waals surface area contributed by atoms with Crippen LogP contribution in [0.5, 0.6) is 5.88 Å². The van der Waals surface area contributed by atoms with Gasteiger partial charge in [-0.05, 0) is 43.4 Å². The van der Waals surface area contributed by atoms with Crippen molar-refractivity contribution < 1.29 is 13.9 Å². The molecule has 1 aliphatic carbocycles. The van der Waals surface area contributed by atoms with Gasteiger partial charge in [0.25, 0.3) is 0 Å². The molecule has 10 nitrogen and oxygen atoms in total. The van der Waals surface area contributed by atoms with E-state index in [0.29, 0.717) is 41.8 Å². The van der Waals surface area contributed by atoms with E-state index in [-0.39, 0.29) is 17.2 Å². The topological polar surface area (TPSA) is 134 Å². The van der Waals surface area contributed by atoms with Gasteiger partial charge in [-0.2, -0.15) is 9.97 Å². The molecule has 0 atom stereocenters. The van der Waals surface area contributed by atoms with E-state index < -0.39 is 0 Å². The number of nitrogens with zero attached hydrogens (tertiary/aromatic N) is 3. The molecule has 0 aliphatic heterocycles. The standard InChI is InChI=1S/C25H28ClN7O3/c1-14-30-18-8-7-15(11-20(18)35-14)17-13-29-23-21(17)24(36-16-5-3-4-6-16)33-25(32-23)31-19(12-27)22(26)28-9-10-34-2/h7-8,11-13,16,27-28H,3-6,9-10H2,1-2H3,(H2,29,31,32,33)/b22-19+,27-12?. The Labute approximate surface area is 213 Å². The highest BCUT2D eigenvalue weighted by atomic mass is 35.5. The van der Waals surface area contributed by atoms with Gasteiger partial charge in [0.15, 0.2) is 11.5 Å². The zero-order chi connectivity index (χ0) is 25.1. The third kappa shape index (κ3) is 5.00. The zero-order valence-corrected chi connectivity index (χ0v) is 20.9. The fraction of sp³-hybridized carbons (Fsp3) is 0.360. The summed E-state index contributed by atoms with van der Waals surface area (Å²) in [5.74, 6) is 1.37. The van der Waals surface area contributed by atoms with E-state index in [2.05, 4.69) is 25.6 Å². The van der Waals surface area contributed by atoms with Gasteiger partial charge in [0.2, 0.25) is 11.8 Å². The lowest BCUT2D eigenvalue weighted by Crippen LogP contribution is -2.20. The van der Waals surface area contributed by atoms with Crippen LogP contribution in [-0.4, -0.2) is 52.5 Å². The molecule has 3 aromatic heterocycles. The number of hydrogen-bond acceptors (Lipinski definition) is 9. The van der Waals surface area contributed by atoms with Crippen molar-refractivity contribution in [2.24, 2.45) is 0 Å². The van der Waals surface area contributed by atoms with Crippen molar-refractivity contribution in [1.82, 2.24) is 25.3 Å². The summed E-state index contributed by atoms with van der Waals surface area (Å²) in [6.07, 6.45) is 7.33. The van der Waals surface area contributed by atoms with Crippen LogP contribution in [0, 0.1) is 12.3 Å². The SMILES string of the molecule is COCCN/C(Cl)=C(\C=N)Nc1nc(OC2CCCC2)c2c(-c3ccc4nc(C)oc4c3)c[nH]c2n1. The van der Waals surface area contributed by atoms with Crippen molar-refractivity contribution >= 4 is 45.9 Å². The number of allylic oxidation sites excluding steroid dienone is 1. The second kappa shape index (κ2) is 10.5. The highest BCUT2D eigenvalue weighted by Gasteiger charge is 2.23. The third-order valence-electron chi connectivity index (χ3n) is 6.10. The number of nitrogens with one attached hydrogen (secondary N) is 4. The number of fused-ring (bicyclic) bond motifs is 2. The number of aryl methyl sites for hydroxylation is 1. The van der Waals surface area contributed by atoms with E-state index in [4.69, 9.17) is 35.9 Å². The van der Waals surface area contributed by atoms with E-state index in [1.165, 1.54) is 0 Å². The summed E-state index contributed by atoms with van der Waals surface area (Å²) in [6.45, 7) is 2.81. The monoisotopic (exact) mass is 509 g/mol. The lowest BCUT2D eigenvalue weighted by Gasteiger charge is -2.16. The van der Waals surface area contributed by atoms with Crippen LogP contribution in [0.15, 0.2) is 39.7 Å². The quantitative estimate of drug-likeness (QED) is 0.132. The molecule has 1 aromatic carbocycles. The number of hydrogen-bond donors (Lipinski definition) is 4. The van der Waals surface area contributed by atoms with Crippen LogP contribution < -0.4 is 15.4 Å². The molecule has 36 heavy (non-hydrogen) atoms. The van der Waals surface area contributed by atoms with Gasteiger partial charge in [0.05, 0.1) is 17.7 Å². The summed E-state index contributed by atoms with van der Waals surface area (Å²) in [7, 11) is 1.61. The van der Waals surface area contributed by atoms with Gasteiger partial charge in [0.1, 0.15) is 22.4 Å². The van der Waals surface area contributed by atoms with Gasteiger partial charge in [0, 0.05) is 38.6 Å². The average Bonchev–Trinajstić information content (AvgIpc) is 3.61. The smallest absolute Gasteiger partial charge is 0.232 e. The Balaban J connectivity index is 1.55. The van der Waals surface area contributed by atoms with Crippen LogP contribution in [0.1, 0.15) is 31.6 Å². The lowest BCUT2D eigenvalue weighted by atomic mass is 10.1. The maximum atomic E-state index is 7.79. The van der Waals surface area contributed by atoms with Crippen LogP contribution in [0.4, 0.5) is 5.95 Å². The maximum Gasteiger partial charge on any atom is 0.232 e. The predicted octanol–water partition coefficient (Wildman–Crippen LogP) is 5.10. The first-order valence-electron chi connectivity index (χ1n) is 11.9. The first-order valence-corrected chi connectivity index (χ1v) is 12.3. The minimum absolute atomic E-state index is 0.0927. The Morgan fingerprint density at radius 1 is 1.28 bits per heavy atom. The number of aromatic nitrogens is 4. The molecule has 1 fully saturated rings. The number of H-pyrrole nitrogens is 1. The highest BCUT2D eigenvalue weighted by molar-refractivity contribution is 6.31. The summed E-state index contributed by atoms with van der Waals surface area (Å²) in [5.41, 5.74) is 4.31. The predicted molar refractivity (Wildman–Crippen MR) is 140 cm³/mol. The van der Waals surface area contributed by atoms with E-state index in [9.17, 15) is 0 Å². The van der Waals surface area contributed by atoms with Crippen molar-refractivity contribution in [1.29, 1.82) is 5.41 Å². The summed E-state index contributed by atoms with van der Waals surface area (Å²) >= 11 is 6.35. The third-order valence-corrected chi connectivity index (χ3v) is 6.44. The number of benzene rings is 1. The van der Waals surface area contributed by atoms with Gasteiger partial charge in [-0.25, -0.2) is 4.98 Å². The molecule has 0 unspecified atom stereocenters. The molecule has 11 heteroatoms. The molecule has 0 radical (unpaired) electrons. The summed E-state index contributed by atoms with van der Waals surface area (Å²) in [6, 6.07) is 5.90. The molecule has 4 aromatic rings. The fourth-order valence-corrected chi connectivity index (χ4v) is 4.57. The molecule has 4 N–H and O–H groups in total. The van der Waals surface area contributed by atoms with Gasteiger partial charge < -0.3 is 34.9 Å². The summed E-state index contributed by atoms with van der Waals surface area (Å²) in [5, 5.41) is 14.9. The Hall–Kier alpha value is -3.63. The molecule has 5 rings (SSSR count). The van der Waals surface area contributed by atoms with Crippen molar-refractivity contribution in [3.63, 3.8) is 0 Å². The molecule has 0 amide bonds. The Morgan fingerprint density at radius 3 is 2.89 bits per heavy atom. The van der Waals surface area contributed by atoms with Crippen LogP contribution in [-0.2, 0) is 4.74 Å². The van der Waals surface area contributed by atoms with Crippen molar-refractivity contribution in [3.05, 3.63) is 41.1 Å². The minimum atomic E-state index is 0.0927. The molecule has 0 bridgehead atoms.